The fourth-order valence-corrected chi connectivity index (χ4v) is 4.41. The van der Waals surface area contributed by atoms with Crippen molar-refractivity contribution in [2.45, 2.75) is 9.92 Å². The van der Waals surface area contributed by atoms with Gasteiger partial charge in [-0.1, -0.05) is 30.0 Å². The van der Waals surface area contributed by atoms with Crippen LogP contribution in [-0.2, 0) is 9.53 Å². The van der Waals surface area contributed by atoms with Crippen LogP contribution in [0, 0.1) is 10.1 Å². The molecule has 1 fully saturated rings. The molecule has 4 rings (SSSR count). The molecule has 9 nitrogen and oxygen atoms in total. The molecule has 3 aromatic rings. The number of benzene rings is 2. The van der Waals surface area contributed by atoms with E-state index in [1.807, 2.05) is 30.3 Å². The molecule has 0 N–H and O–H groups in total. The number of carbonyl (C=O) groups is 2. The van der Waals surface area contributed by atoms with E-state index in [2.05, 4.69) is 9.88 Å². The number of non-ortho nitro benzene ring substituents is 1. The number of nitrogens with zero attached hydrogens (tertiary/aromatic N) is 4. The average molecular weight is 479 g/mol. The number of ether oxygens (including phenoxy) is 1. The fraction of sp³-hybridized carbons (Fsp3) is 0.208. The number of nitro groups is 1. The number of aromatic nitrogens is 1. The van der Waals surface area contributed by atoms with Gasteiger partial charge < -0.3 is 14.5 Å². The zero-order chi connectivity index (χ0) is 23.9. The molecule has 0 unspecified atom stereocenters. The average Bonchev–Trinajstić information content (AvgIpc) is 2.88. The Kier molecular flexibility index (Phi) is 7.38. The molecule has 0 atom stereocenters. The maximum Gasteiger partial charge on any atom is 0.341 e. The summed E-state index contributed by atoms with van der Waals surface area (Å²) < 4.78 is 5.31. The molecule has 0 saturated carbocycles. The first-order valence-electron chi connectivity index (χ1n) is 10.6. The molecule has 34 heavy (non-hydrogen) atoms. The second kappa shape index (κ2) is 10.8. The Balaban J connectivity index is 1.29. The van der Waals surface area contributed by atoms with Crippen molar-refractivity contribution in [3.8, 4) is 0 Å². The van der Waals surface area contributed by atoms with Crippen LogP contribution in [0.1, 0.15) is 10.4 Å². The Labute approximate surface area is 200 Å². The van der Waals surface area contributed by atoms with E-state index >= 15 is 0 Å². The molecule has 1 saturated heterocycles. The molecular weight excluding hydrogens is 456 g/mol. The van der Waals surface area contributed by atoms with Gasteiger partial charge in [-0.05, 0) is 36.4 Å². The molecule has 2 heterocycles. The summed E-state index contributed by atoms with van der Waals surface area (Å²) in [7, 11) is 0. The predicted molar refractivity (Wildman–Crippen MR) is 127 cm³/mol. The van der Waals surface area contributed by atoms with Crippen molar-refractivity contribution in [1.82, 2.24) is 9.88 Å². The van der Waals surface area contributed by atoms with Crippen LogP contribution >= 0.6 is 11.8 Å². The van der Waals surface area contributed by atoms with Crippen molar-refractivity contribution in [2.24, 2.45) is 0 Å². The number of hydrogen-bond donors (Lipinski definition) is 0. The van der Waals surface area contributed by atoms with Gasteiger partial charge >= 0.3 is 5.97 Å². The highest BCUT2D eigenvalue weighted by atomic mass is 32.2. The van der Waals surface area contributed by atoms with Crippen LogP contribution in [0.25, 0.3) is 0 Å². The molecule has 174 valence electrons. The number of carbonyl (C=O) groups excluding carboxylic acids is 2. The number of hydrogen-bond acceptors (Lipinski definition) is 8. The fourth-order valence-electron chi connectivity index (χ4n) is 3.52. The molecule has 0 bridgehead atoms. The lowest BCUT2D eigenvalue weighted by Gasteiger charge is -2.36. The third-order valence-corrected chi connectivity index (χ3v) is 6.36. The number of pyridine rings is 1. The molecule has 1 amide bonds. The Morgan fingerprint density at radius 3 is 2.35 bits per heavy atom. The summed E-state index contributed by atoms with van der Waals surface area (Å²) in [4.78, 5) is 44.6. The maximum absolute atomic E-state index is 12.7. The number of amides is 1. The smallest absolute Gasteiger partial charge is 0.341 e. The maximum atomic E-state index is 12.7. The lowest BCUT2D eigenvalue weighted by molar-refractivity contribution is -0.384. The monoisotopic (exact) mass is 478 g/mol. The van der Waals surface area contributed by atoms with Crippen LogP contribution < -0.4 is 4.90 Å². The van der Waals surface area contributed by atoms with E-state index in [1.54, 1.807) is 35.4 Å². The van der Waals surface area contributed by atoms with E-state index in [4.69, 9.17) is 4.74 Å². The molecule has 2 aromatic carbocycles. The SMILES string of the molecule is O=C(OCC(=O)N1CCN(c2ccc([N+](=O)[O-])cc2)CC1)c1cccnc1Sc1ccccc1. The lowest BCUT2D eigenvalue weighted by atomic mass is 10.2. The van der Waals surface area contributed by atoms with E-state index in [0.717, 1.165) is 10.6 Å². The zero-order valence-electron chi connectivity index (χ0n) is 18.2. The van der Waals surface area contributed by atoms with Gasteiger partial charge in [0, 0.05) is 55.1 Å². The summed E-state index contributed by atoms with van der Waals surface area (Å²) >= 11 is 1.36. The topological polar surface area (TPSA) is 106 Å². The van der Waals surface area contributed by atoms with Crippen LogP contribution in [0.5, 0.6) is 0 Å². The summed E-state index contributed by atoms with van der Waals surface area (Å²) in [5, 5.41) is 11.3. The Hall–Kier alpha value is -3.92. The normalized spacial score (nSPS) is 13.4. The van der Waals surface area contributed by atoms with E-state index in [1.165, 1.54) is 23.9 Å². The van der Waals surface area contributed by atoms with Gasteiger partial charge in [-0.2, -0.15) is 0 Å². The van der Waals surface area contributed by atoms with Crippen molar-refractivity contribution in [1.29, 1.82) is 0 Å². The van der Waals surface area contributed by atoms with E-state index in [-0.39, 0.29) is 18.2 Å². The largest absolute Gasteiger partial charge is 0.452 e. The summed E-state index contributed by atoms with van der Waals surface area (Å²) in [5.74, 6) is -0.859. The third kappa shape index (κ3) is 5.70. The van der Waals surface area contributed by atoms with Crippen molar-refractivity contribution in [3.05, 3.63) is 88.6 Å². The number of piperazine rings is 1. The number of esters is 1. The zero-order valence-corrected chi connectivity index (χ0v) is 19.0. The van der Waals surface area contributed by atoms with Gasteiger partial charge in [0.25, 0.3) is 11.6 Å². The molecule has 1 aromatic heterocycles. The van der Waals surface area contributed by atoms with Gasteiger partial charge in [-0.15, -0.1) is 0 Å². The van der Waals surface area contributed by atoms with Gasteiger partial charge in [0.1, 0.15) is 5.03 Å². The number of nitro benzene ring substituents is 1. The summed E-state index contributed by atoms with van der Waals surface area (Å²) in [6.07, 6.45) is 1.61. The van der Waals surface area contributed by atoms with Gasteiger partial charge in [-0.3, -0.25) is 14.9 Å². The van der Waals surface area contributed by atoms with Gasteiger partial charge in [0.2, 0.25) is 0 Å². The molecule has 0 aliphatic carbocycles. The van der Waals surface area contributed by atoms with Crippen molar-refractivity contribution in [3.63, 3.8) is 0 Å². The van der Waals surface area contributed by atoms with E-state index < -0.39 is 10.9 Å². The molecular formula is C24H22N4O5S. The van der Waals surface area contributed by atoms with E-state index in [9.17, 15) is 19.7 Å². The first-order valence-corrected chi connectivity index (χ1v) is 11.4. The second-order valence-electron chi connectivity index (χ2n) is 7.49. The van der Waals surface area contributed by atoms with Crippen molar-refractivity contribution < 1.29 is 19.2 Å². The van der Waals surface area contributed by atoms with Gasteiger partial charge in [0.15, 0.2) is 6.61 Å². The minimum absolute atomic E-state index is 0.0401. The molecule has 1 aliphatic heterocycles. The Morgan fingerprint density at radius 2 is 1.68 bits per heavy atom. The van der Waals surface area contributed by atoms with Gasteiger partial charge in [0.05, 0.1) is 10.5 Å². The second-order valence-corrected chi connectivity index (χ2v) is 8.55. The van der Waals surface area contributed by atoms with Crippen LogP contribution in [0.2, 0.25) is 0 Å². The Morgan fingerprint density at radius 1 is 0.971 bits per heavy atom. The summed E-state index contributed by atoms with van der Waals surface area (Å²) in [6.45, 7) is 1.75. The highest BCUT2D eigenvalue weighted by molar-refractivity contribution is 7.99. The van der Waals surface area contributed by atoms with Gasteiger partial charge in [-0.25, -0.2) is 9.78 Å². The molecule has 10 heteroatoms. The predicted octanol–water partition coefficient (Wildman–Crippen LogP) is 3.65. The first-order chi connectivity index (χ1) is 16.5. The highest BCUT2D eigenvalue weighted by Crippen LogP contribution is 2.28. The van der Waals surface area contributed by atoms with E-state index in [0.29, 0.717) is 36.8 Å². The van der Waals surface area contributed by atoms with Crippen molar-refractivity contribution >= 4 is 35.0 Å². The Bertz CT molecular complexity index is 1170. The quantitative estimate of drug-likeness (QED) is 0.288. The van der Waals surface area contributed by atoms with Crippen molar-refractivity contribution in [2.75, 3.05) is 37.7 Å². The van der Waals surface area contributed by atoms with Crippen LogP contribution in [0.15, 0.2) is 82.8 Å². The summed E-state index contributed by atoms with van der Waals surface area (Å²) in [5.41, 5.74) is 1.22. The minimum Gasteiger partial charge on any atom is -0.452 e. The molecule has 0 spiro atoms. The summed E-state index contributed by atoms with van der Waals surface area (Å²) in [6, 6.07) is 19.2. The highest BCUT2D eigenvalue weighted by Gasteiger charge is 2.23. The molecule has 0 radical (unpaired) electrons. The minimum atomic E-state index is -0.593. The first kappa shape index (κ1) is 23.2. The lowest BCUT2D eigenvalue weighted by Crippen LogP contribution is -2.49. The van der Waals surface area contributed by atoms with Crippen LogP contribution in [0.4, 0.5) is 11.4 Å². The number of anilines is 1. The van der Waals surface area contributed by atoms with Crippen LogP contribution in [0.3, 0.4) is 0 Å². The molecule has 1 aliphatic rings. The standard InChI is InChI=1S/C24H22N4O5S/c29-22(27-15-13-26(14-16-27)18-8-10-19(11-9-18)28(31)32)17-33-24(30)21-7-4-12-25-23(21)34-20-5-2-1-3-6-20/h1-12H,13-17H2. The van der Waals surface area contributed by atoms with Crippen LogP contribution in [-0.4, -0.2) is 59.5 Å². The third-order valence-electron chi connectivity index (χ3n) is 5.33. The number of rotatable bonds is 7.